The van der Waals surface area contributed by atoms with Gasteiger partial charge in [0.15, 0.2) is 11.2 Å². The maximum atomic E-state index is 13.6. The maximum Gasteiger partial charge on any atom is 0.249 e. The molecule has 0 radical (unpaired) electrons. The summed E-state index contributed by atoms with van der Waals surface area (Å²) in [6.45, 7) is 0. The Balaban J connectivity index is 1.86. The minimum Gasteiger partial charge on any atom is -0.497 e. The Kier molecular flexibility index (Phi) is 3.11. The lowest BCUT2D eigenvalue weighted by atomic mass is 9.70. The number of Topliss-reactive ketones (excluding diaryl/α,β-unsaturated/α-hetero) is 1. The van der Waals surface area contributed by atoms with Gasteiger partial charge in [-0.1, -0.05) is 48.6 Å². The lowest BCUT2D eigenvalue weighted by Gasteiger charge is -2.28. The average Bonchev–Trinajstić information content (AvgIpc) is 2.93. The van der Waals surface area contributed by atoms with Crippen LogP contribution in [0.4, 0.5) is 5.69 Å². The fourth-order valence-electron chi connectivity index (χ4n) is 4.32. The molecule has 0 unspecified atom stereocenters. The number of nitrogens with zero attached hydrogens (tertiary/aromatic N) is 1. The number of methoxy groups -OCH3 is 1. The monoisotopic (exact) mass is 355 g/mol. The lowest BCUT2D eigenvalue weighted by molar-refractivity contribution is -0.120. The Morgan fingerprint density at radius 3 is 2.63 bits per heavy atom. The van der Waals surface area contributed by atoms with Gasteiger partial charge in [-0.2, -0.15) is 0 Å². The smallest absolute Gasteiger partial charge is 0.249 e. The van der Waals surface area contributed by atoms with Gasteiger partial charge < -0.3 is 9.64 Å². The molecule has 0 saturated heterocycles. The minimum absolute atomic E-state index is 0.167. The van der Waals surface area contributed by atoms with Crippen LogP contribution in [0.3, 0.4) is 0 Å². The second kappa shape index (κ2) is 5.30. The highest BCUT2D eigenvalue weighted by atomic mass is 16.5. The molecule has 3 aromatic rings. The number of hydrogen-bond donors (Lipinski definition) is 0. The van der Waals surface area contributed by atoms with E-state index in [-0.39, 0.29) is 11.7 Å². The van der Waals surface area contributed by atoms with E-state index in [0.717, 1.165) is 33.3 Å². The second-order valence-electron chi connectivity index (χ2n) is 6.97. The van der Waals surface area contributed by atoms with Crippen molar-refractivity contribution in [2.75, 3.05) is 19.1 Å². The molecular weight excluding hydrogens is 338 g/mol. The van der Waals surface area contributed by atoms with E-state index in [9.17, 15) is 9.59 Å². The van der Waals surface area contributed by atoms with Gasteiger partial charge in [-0.3, -0.25) is 9.59 Å². The van der Waals surface area contributed by atoms with Crippen molar-refractivity contribution in [1.82, 2.24) is 0 Å². The molecule has 27 heavy (non-hydrogen) atoms. The van der Waals surface area contributed by atoms with E-state index in [1.165, 1.54) is 0 Å². The van der Waals surface area contributed by atoms with Crippen molar-refractivity contribution in [3.05, 3.63) is 77.4 Å². The number of rotatable bonds is 1. The third-order valence-electron chi connectivity index (χ3n) is 5.68. The summed E-state index contributed by atoms with van der Waals surface area (Å²) < 4.78 is 5.33. The van der Waals surface area contributed by atoms with Gasteiger partial charge in [0.25, 0.3) is 0 Å². The Morgan fingerprint density at radius 1 is 1.00 bits per heavy atom. The summed E-state index contributed by atoms with van der Waals surface area (Å²) in [5, 5.41) is 1.83. The molecule has 0 aromatic heterocycles. The topological polar surface area (TPSA) is 46.6 Å². The first-order valence-electron chi connectivity index (χ1n) is 8.80. The summed E-state index contributed by atoms with van der Waals surface area (Å²) >= 11 is 0. The molecule has 3 aromatic carbocycles. The number of amides is 1. The zero-order chi connectivity index (χ0) is 18.8. The molecule has 132 valence electrons. The molecular formula is C23H17NO3. The van der Waals surface area contributed by atoms with Gasteiger partial charge >= 0.3 is 0 Å². The van der Waals surface area contributed by atoms with Crippen LogP contribution in [0.25, 0.3) is 16.8 Å². The average molecular weight is 355 g/mol. The molecule has 0 bridgehead atoms. The first kappa shape index (κ1) is 15.8. The highest BCUT2D eigenvalue weighted by Gasteiger charge is 2.55. The van der Waals surface area contributed by atoms with Gasteiger partial charge in [0.2, 0.25) is 5.91 Å². The molecule has 0 fully saturated rings. The Bertz CT molecular complexity index is 1180. The summed E-state index contributed by atoms with van der Waals surface area (Å²) in [7, 11) is 3.35. The maximum absolute atomic E-state index is 13.6. The molecule has 1 atom stereocenters. The highest BCUT2D eigenvalue weighted by Crippen LogP contribution is 2.50. The predicted molar refractivity (Wildman–Crippen MR) is 105 cm³/mol. The Morgan fingerprint density at radius 2 is 1.81 bits per heavy atom. The normalized spacial score (nSPS) is 20.3. The summed E-state index contributed by atoms with van der Waals surface area (Å²) in [6.07, 6.45) is 3.66. The van der Waals surface area contributed by atoms with Gasteiger partial charge in [0.05, 0.1) is 7.11 Å². The van der Waals surface area contributed by atoms with E-state index in [0.29, 0.717) is 5.56 Å². The lowest BCUT2D eigenvalue weighted by Crippen LogP contribution is -2.45. The van der Waals surface area contributed by atoms with Crippen LogP contribution < -0.4 is 9.64 Å². The van der Waals surface area contributed by atoms with E-state index in [2.05, 4.69) is 0 Å². The van der Waals surface area contributed by atoms with Crippen LogP contribution in [-0.2, 0) is 10.2 Å². The molecule has 1 heterocycles. The number of carbonyl (C=O) groups excluding carboxylic acids is 2. The van der Waals surface area contributed by atoms with Gasteiger partial charge in [0, 0.05) is 23.9 Å². The summed E-state index contributed by atoms with van der Waals surface area (Å²) in [5.41, 5.74) is 1.65. The zero-order valence-electron chi connectivity index (χ0n) is 15.0. The highest BCUT2D eigenvalue weighted by molar-refractivity contribution is 6.32. The summed E-state index contributed by atoms with van der Waals surface area (Å²) in [5.74, 6) is 0.362. The first-order valence-corrected chi connectivity index (χ1v) is 8.80. The van der Waals surface area contributed by atoms with Gasteiger partial charge in [-0.15, -0.1) is 0 Å². The number of ether oxygens (including phenoxy) is 1. The van der Waals surface area contributed by atoms with Crippen molar-refractivity contribution in [3.8, 4) is 5.75 Å². The molecule has 1 spiro atoms. The quantitative estimate of drug-likeness (QED) is 0.621. The number of anilines is 1. The fraction of sp³-hybridized carbons (Fsp3) is 0.130. The van der Waals surface area contributed by atoms with Crippen LogP contribution >= 0.6 is 0 Å². The first-order chi connectivity index (χ1) is 13.1. The number of fused-ring (bicyclic) bond motifs is 5. The minimum atomic E-state index is -1.31. The molecule has 2 aliphatic rings. The van der Waals surface area contributed by atoms with Crippen molar-refractivity contribution < 1.29 is 14.3 Å². The van der Waals surface area contributed by atoms with E-state index >= 15 is 0 Å². The van der Waals surface area contributed by atoms with E-state index < -0.39 is 5.41 Å². The molecule has 5 rings (SSSR count). The van der Waals surface area contributed by atoms with Crippen LogP contribution in [0, 0.1) is 0 Å². The molecule has 1 aliphatic heterocycles. The number of benzene rings is 3. The van der Waals surface area contributed by atoms with Crippen molar-refractivity contribution in [3.63, 3.8) is 0 Å². The largest absolute Gasteiger partial charge is 0.497 e. The molecule has 4 heteroatoms. The van der Waals surface area contributed by atoms with E-state index in [1.807, 2.05) is 54.6 Å². The number of likely N-dealkylation sites (N-methyl/N-ethyl adjacent to an activating group) is 1. The summed E-state index contributed by atoms with van der Waals surface area (Å²) in [6, 6.07) is 17.0. The third-order valence-corrected chi connectivity index (χ3v) is 5.68. The van der Waals surface area contributed by atoms with Crippen LogP contribution in [0.5, 0.6) is 5.75 Å². The van der Waals surface area contributed by atoms with Crippen molar-refractivity contribution in [2.24, 2.45) is 0 Å². The van der Waals surface area contributed by atoms with Crippen LogP contribution in [0.15, 0.2) is 60.7 Å². The number of ketones is 1. The van der Waals surface area contributed by atoms with Gasteiger partial charge in [-0.25, -0.2) is 0 Å². The third kappa shape index (κ3) is 1.87. The molecule has 1 aliphatic carbocycles. The van der Waals surface area contributed by atoms with Crippen molar-refractivity contribution in [2.45, 2.75) is 5.41 Å². The molecule has 4 nitrogen and oxygen atoms in total. The molecule has 1 amide bonds. The second-order valence-corrected chi connectivity index (χ2v) is 6.97. The van der Waals surface area contributed by atoms with E-state index in [4.69, 9.17) is 4.74 Å². The van der Waals surface area contributed by atoms with Crippen LogP contribution in [-0.4, -0.2) is 25.8 Å². The zero-order valence-corrected chi connectivity index (χ0v) is 15.0. The SMILES string of the molecule is COc1ccc2c3c(ccc2c1)N(C)C(=O)[C@@]31C=Cc2ccccc2C1=O. The predicted octanol–water partition coefficient (Wildman–Crippen LogP) is 3.97. The van der Waals surface area contributed by atoms with Crippen molar-refractivity contribution >= 4 is 34.2 Å². The standard InChI is InChI=1S/C23H17NO3/c1-24-19-10-7-15-13-16(27-2)8-9-17(15)20(19)23(22(24)26)12-11-14-5-3-4-6-18(14)21(23)25/h3-13H,1-2H3/t23-/m0/s1. The number of hydrogen-bond acceptors (Lipinski definition) is 3. The Labute approximate surface area is 156 Å². The van der Waals surface area contributed by atoms with Crippen LogP contribution in [0.1, 0.15) is 21.5 Å². The van der Waals surface area contributed by atoms with Gasteiger partial charge in [-0.05, 0) is 34.5 Å². The van der Waals surface area contributed by atoms with E-state index in [1.54, 1.807) is 31.2 Å². The van der Waals surface area contributed by atoms with Crippen LogP contribution in [0.2, 0.25) is 0 Å². The number of carbonyl (C=O) groups is 2. The van der Waals surface area contributed by atoms with Crippen molar-refractivity contribution in [1.29, 1.82) is 0 Å². The fourth-order valence-corrected chi connectivity index (χ4v) is 4.32. The van der Waals surface area contributed by atoms with Gasteiger partial charge in [0.1, 0.15) is 5.75 Å². The summed E-state index contributed by atoms with van der Waals surface area (Å²) in [4.78, 5) is 28.6. The molecule has 0 N–H and O–H groups in total. The molecule has 0 saturated carbocycles. The Hall–Kier alpha value is -3.40.